The van der Waals surface area contributed by atoms with E-state index >= 15 is 0 Å². The number of aromatic amines is 1. The smallest absolute Gasteiger partial charge is 0.262 e. The molecule has 170 valence electrons. The predicted octanol–water partition coefficient (Wildman–Crippen LogP) is 2.86. The monoisotopic (exact) mass is 463 g/mol. The molecule has 0 amide bonds. The van der Waals surface area contributed by atoms with Crippen LogP contribution in [0, 0.1) is 6.92 Å². The molecular weight excluding hydrogens is 438 g/mol. The molecule has 1 aliphatic heterocycles. The van der Waals surface area contributed by atoms with Crippen LogP contribution >= 0.6 is 0 Å². The molecule has 3 heterocycles. The quantitative estimate of drug-likeness (QED) is 0.488. The maximum atomic E-state index is 13.0. The fourth-order valence-corrected chi connectivity index (χ4v) is 6.04. The summed E-state index contributed by atoms with van der Waals surface area (Å²) in [4.78, 5) is 22.7. The molecule has 1 fully saturated rings. The summed E-state index contributed by atoms with van der Waals surface area (Å²) >= 11 is 0. The van der Waals surface area contributed by atoms with Crippen LogP contribution in [0.3, 0.4) is 0 Å². The van der Waals surface area contributed by atoms with Crippen molar-refractivity contribution < 1.29 is 8.42 Å². The standard InChI is InChI=1S/C24H25N5O3S/c1-17-7-9-19(10-8-17)33(31,32)20-11-13-28(14-12-20)16-22-26-23-21(24(30)27-22)15-25-29(23)18-5-3-2-4-6-18/h2-10,15,20H,11-14,16H2,1H3,(H,26,27,30). The van der Waals surface area contributed by atoms with Crippen molar-refractivity contribution in [2.45, 2.75) is 36.5 Å². The van der Waals surface area contributed by atoms with E-state index in [1.807, 2.05) is 49.4 Å². The Morgan fingerprint density at radius 3 is 2.42 bits per heavy atom. The minimum Gasteiger partial charge on any atom is -0.309 e. The third-order valence-electron chi connectivity index (χ3n) is 6.18. The predicted molar refractivity (Wildman–Crippen MR) is 126 cm³/mol. The van der Waals surface area contributed by atoms with Gasteiger partial charge in [-0.15, -0.1) is 0 Å². The van der Waals surface area contributed by atoms with Gasteiger partial charge in [0.05, 0.1) is 28.6 Å². The Labute approximate surface area is 191 Å². The van der Waals surface area contributed by atoms with Crippen LogP contribution in [0.1, 0.15) is 24.2 Å². The van der Waals surface area contributed by atoms with Crippen molar-refractivity contribution in [3.63, 3.8) is 0 Å². The summed E-state index contributed by atoms with van der Waals surface area (Å²) in [5, 5.41) is 4.38. The summed E-state index contributed by atoms with van der Waals surface area (Å²) in [5.41, 5.74) is 2.15. The van der Waals surface area contributed by atoms with Crippen LogP contribution < -0.4 is 5.56 Å². The number of benzene rings is 2. The Hall–Kier alpha value is -3.30. The first kappa shape index (κ1) is 21.5. The van der Waals surface area contributed by atoms with Crippen molar-refractivity contribution in [2.75, 3.05) is 13.1 Å². The van der Waals surface area contributed by atoms with Crippen LogP contribution in [0.15, 0.2) is 70.5 Å². The largest absolute Gasteiger partial charge is 0.309 e. The highest BCUT2D eigenvalue weighted by molar-refractivity contribution is 7.92. The average Bonchev–Trinajstić information content (AvgIpc) is 3.25. The lowest BCUT2D eigenvalue weighted by Crippen LogP contribution is -2.39. The normalized spacial score (nSPS) is 15.8. The average molecular weight is 464 g/mol. The maximum Gasteiger partial charge on any atom is 0.262 e. The van der Waals surface area contributed by atoms with Crippen molar-refractivity contribution in [3.8, 4) is 5.69 Å². The minimum absolute atomic E-state index is 0.228. The molecule has 0 aliphatic carbocycles. The summed E-state index contributed by atoms with van der Waals surface area (Å²) in [6.07, 6.45) is 2.62. The van der Waals surface area contributed by atoms with Crippen LogP contribution in [0.2, 0.25) is 0 Å². The number of sulfone groups is 1. The number of rotatable bonds is 5. The van der Waals surface area contributed by atoms with Crippen LogP contribution in [0.5, 0.6) is 0 Å². The van der Waals surface area contributed by atoms with Gasteiger partial charge in [-0.1, -0.05) is 35.9 Å². The Morgan fingerprint density at radius 2 is 1.73 bits per heavy atom. The molecule has 2 aromatic carbocycles. The van der Waals surface area contributed by atoms with Crippen LogP contribution in [0.4, 0.5) is 0 Å². The summed E-state index contributed by atoms with van der Waals surface area (Å²) in [6, 6.07) is 16.6. The van der Waals surface area contributed by atoms with E-state index in [2.05, 4.69) is 20.0 Å². The van der Waals surface area contributed by atoms with E-state index in [1.165, 1.54) is 6.20 Å². The van der Waals surface area contributed by atoms with E-state index in [1.54, 1.807) is 16.8 Å². The molecule has 0 unspecified atom stereocenters. The number of nitrogens with zero attached hydrogens (tertiary/aromatic N) is 4. The van der Waals surface area contributed by atoms with Gasteiger partial charge in [0.15, 0.2) is 15.5 Å². The van der Waals surface area contributed by atoms with Crippen molar-refractivity contribution in [3.05, 3.63) is 82.5 Å². The molecular formula is C24H25N5O3S. The van der Waals surface area contributed by atoms with Gasteiger partial charge in [-0.2, -0.15) is 5.10 Å². The second-order valence-electron chi connectivity index (χ2n) is 8.48. The van der Waals surface area contributed by atoms with Gasteiger partial charge in [-0.3, -0.25) is 9.69 Å². The summed E-state index contributed by atoms with van der Waals surface area (Å²) in [6.45, 7) is 3.63. The van der Waals surface area contributed by atoms with Gasteiger partial charge in [0, 0.05) is 0 Å². The zero-order valence-electron chi connectivity index (χ0n) is 18.3. The van der Waals surface area contributed by atoms with E-state index in [0.29, 0.717) is 54.2 Å². The molecule has 1 aliphatic rings. The molecule has 2 aromatic heterocycles. The first-order valence-corrected chi connectivity index (χ1v) is 12.5. The van der Waals surface area contributed by atoms with Crippen LogP contribution in [-0.2, 0) is 16.4 Å². The summed E-state index contributed by atoms with van der Waals surface area (Å²) in [5.74, 6) is 0.546. The topological polar surface area (TPSA) is 101 Å². The van der Waals surface area contributed by atoms with E-state index in [-0.39, 0.29) is 5.56 Å². The first-order chi connectivity index (χ1) is 15.9. The molecule has 33 heavy (non-hydrogen) atoms. The number of hydrogen-bond donors (Lipinski definition) is 1. The Kier molecular flexibility index (Phi) is 5.59. The molecule has 0 atom stereocenters. The number of piperidine rings is 1. The Balaban J connectivity index is 1.32. The zero-order valence-corrected chi connectivity index (χ0v) is 19.1. The highest BCUT2D eigenvalue weighted by Crippen LogP contribution is 2.25. The fraction of sp³-hybridized carbons (Fsp3) is 0.292. The second-order valence-corrected chi connectivity index (χ2v) is 10.7. The Morgan fingerprint density at radius 1 is 1.03 bits per heavy atom. The van der Waals surface area contributed by atoms with Gasteiger partial charge in [-0.25, -0.2) is 18.1 Å². The highest BCUT2D eigenvalue weighted by atomic mass is 32.2. The number of likely N-dealkylation sites (tertiary alicyclic amines) is 1. The highest BCUT2D eigenvalue weighted by Gasteiger charge is 2.31. The van der Waals surface area contributed by atoms with Crippen molar-refractivity contribution in [1.29, 1.82) is 0 Å². The minimum atomic E-state index is -3.35. The molecule has 0 radical (unpaired) electrons. The Bertz CT molecular complexity index is 1440. The van der Waals surface area contributed by atoms with E-state index in [4.69, 9.17) is 0 Å². The van der Waals surface area contributed by atoms with Gasteiger partial charge < -0.3 is 4.98 Å². The van der Waals surface area contributed by atoms with E-state index < -0.39 is 15.1 Å². The number of hydrogen-bond acceptors (Lipinski definition) is 6. The maximum absolute atomic E-state index is 13.0. The first-order valence-electron chi connectivity index (χ1n) is 11.0. The molecule has 9 heteroatoms. The number of aryl methyl sites for hydroxylation is 1. The molecule has 8 nitrogen and oxygen atoms in total. The van der Waals surface area contributed by atoms with E-state index in [9.17, 15) is 13.2 Å². The van der Waals surface area contributed by atoms with Crippen LogP contribution in [0.25, 0.3) is 16.7 Å². The molecule has 0 saturated carbocycles. The fourth-order valence-electron chi connectivity index (χ4n) is 4.31. The molecule has 0 spiro atoms. The third kappa shape index (κ3) is 4.21. The number of H-pyrrole nitrogens is 1. The van der Waals surface area contributed by atoms with Crippen molar-refractivity contribution in [1.82, 2.24) is 24.6 Å². The van der Waals surface area contributed by atoms with Gasteiger partial charge in [-0.05, 0) is 57.1 Å². The van der Waals surface area contributed by atoms with Gasteiger partial charge >= 0.3 is 0 Å². The van der Waals surface area contributed by atoms with E-state index in [0.717, 1.165) is 11.3 Å². The van der Waals surface area contributed by atoms with Gasteiger partial charge in [0.1, 0.15) is 11.2 Å². The third-order valence-corrected chi connectivity index (χ3v) is 8.46. The lowest BCUT2D eigenvalue weighted by atomic mass is 10.1. The summed E-state index contributed by atoms with van der Waals surface area (Å²) in [7, 11) is -3.35. The SMILES string of the molecule is Cc1ccc(S(=O)(=O)C2CCN(Cc3nc4c(cnn4-c4ccccc4)c(=O)[nH]3)CC2)cc1. The van der Waals surface area contributed by atoms with Crippen molar-refractivity contribution >= 4 is 20.9 Å². The second kappa shape index (κ2) is 8.57. The molecule has 4 aromatic rings. The lowest BCUT2D eigenvalue weighted by molar-refractivity contribution is 0.217. The van der Waals surface area contributed by atoms with Gasteiger partial charge in [0.2, 0.25) is 0 Å². The van der Waals surface area contributed by atoms with Gasteiger partial charge in [0.25, 0.3) is 5.56 Å². The lowest BCUT2D eigenvalue weighted by Gasteiger charge is -2.31. The zero-order chi connectivity index (χ0) is 23.0. The number of aromatic nitrogens is 4. The number of nitrogens with one attached hydrogen (secondary N) is 1. The van der Waals surface area contributed by atoms with Crippen molar-refractivity contribution in [2.24, 2.45) is 0 Å². The number of para-hydroxylation sites is 1. The van der Waals surface area contributed by atoms with Crippen LogP contribution in [-0.4, -0.2) is 51.4 Å². The summed E-state index contributed by atoms with van der Waals surface area (Å²) < 4.78 is 27.7. The molecule has 1 saturated heterocycles. The molecule has 1 N–H and O–H groups in total. The molecule has 0 bridgehead atoms. The number of fused-ring (bicyclic) bond motifs is 1. The molecule has 5 rings (SSSR count).